The van der Waals surface area contributed by atoms with E-state index in [1.807, 2.05) is 11.8 Å². The third-order valence-corrected chi connectivity index (χ3v) is 4.47. The zero-order valence-electron chi connectivity index (χ0n) is 11.3. The first-order valence-corrected chi connectivity index (χ1v) is 8.24. The van der Waals surface area contributed by atoms with Crippen LogP contribution in [-0.4, -0.2) is 36.0 Å². The highest BCUT2D eigenvalue weighted by Crippen LogP contribution is 2.21. The number of nitrogens with two attached hydrogens (primary N) is 1. The largest absolute Gasteiger partial charge is 0.329 e. The van der Waals surface area contributed by atoms with Gasteiger partial charge in [-0.2, -0.15) is 11.8 Å². The second-order valence-electron chi connectivity index (χ2n) is 5.01. The highest BCUT2D eigenvalue weighted by Gasteiger charge is 2.20. The summed E-state index contributed by atoms with van der Waals surface area (Å²) < 4.78 is 0. The third-order valence-electron chi connectivity index (χ3n) is 3.83. The Kier molecular flexibility index (Phi) is 5.54. The fourth-order valence-electron chi connectivity index (χ4n) is 2.74. The molecule has 3 heteroatoms. The van der Waals surface area contributed by atoms with Crippen LogP contribution in [0.3, 0.4) is 0 Å². The summed E-state index contributed by atoms with van der Waals surface area (Å²) in [5, 5.41) is 0. The number of aryl methyl sites for hydroxylation is 1. The predicted molar refractivity (Wildman–Crippen MR) is 81.0 cm³/mol. The highest BCUT2D eigenvalue weighted by atomic mass is 32.2. The summed E-state index contributed by atoms with van der Waals surface area (Å²) in [5.74, 6) is 1.21. The molecule has 1 heterocycles. The Morgan fingerprint density at radius 2 is 2.11 bits per heavy atom. The van der Waals surface area contributed by atoms with E-state index < -0.39 is 0 Å². The lowest BCUT2D eigenvalue weighted by Gasteiger charge is -2.29. The molecule has 0 radical (unpaired) electrons. The maximum absolute atomic E-state index is 5.96. The highest BCUT2D eigenvalue weighted by molar-refractivity contribution is 7.98. The van der Waals surface area contributed by atoms with Gasteiger partial charge in [0.05, 0.1) is 0 Å². The van der Waals surface area contributed by atoms with Crippen LogP contribution < -0.4 is 5.73 Å². The summed E-state index contributed by atoms with van der Waals surface area (Å²) in [4.78, 5) is 2.59. The molecule has 2 rings (SSSR count). The van der Waals surface area contributed by atoms with Gasteiger partial charge in [0.2, 0.25) is 0 Å². The number of hydrogen-bond donors (Lipinski definition) is 1. The quantitative estimate of drug-likeness (QED) is 0.886. The van der Waals surface area contributed by atoms with E-state index in [0.717, 1.165) is 13.1 Å². The smallest absolute Gasteiger partial charge is 0.0239 e. The zero-order valence-corrected chi connectivity index (χ0v) is 12.1. The molecule has 0 saturated carbocycles. The molecule has 1 aliphatic rings. The minimum Gasteiger partial charge on any atom is -0.329 e. The molecule has 18 heavy (non-hydrogen) atoms. The first-order chi connectivity index (χ1) is 8.85. The van der Waals surface area contributed by atoms with E-state index in [-0.39, 0.29) is 0 Å². The van der Waals surface area contributed by atoms with Crippen molar-refractivity contribution >= 4 is 11.8 Å². The van der Waals surface area contributed by atoms with Gasteiger partial charge in [-0.15, -0.1) is 0 Å². The van der Waals surface area contributed by atoms with Gasteiger partial charge in [0.15, 0.2) is 0 Å². The standard InChI is InChI=1S/C15H24N2S/c1-18-10-8-15(11-16)17-9-4-7-13-5-2-3-6-14(13)12-17/h2-3,5-6,15H,4,7-12,16H2,1H3. The van der Waals surface area contributed by atoms with Gasteiger partial charge in [-0.25, -0.2) is 0 Å². The van der Waals surface area contributed by atoms with E-state index in [1.54, 1.807) is 0 Å². The maximum atomic E-state index is 5.96. The number of benzene rings is 1. The lowest BCUT2D eigenvalue weighted by atomic mass is 10.0. The Balaban J connectivity index is 2.06. The molecular formula is C15H24N2S. The van der Waals surface area contributed by atoms with Crippen molar-refractivity contribution in [1.29, 1.82) is 0 Å². The Labute approximate surface area is 115 Å². The van der Waals surface area contributed by atoms with Crippen molar-refractivity contribution in [2.24, 2.45) is 5.73 Å². The predicted octanol–water partition coefficient (Wildman–Crippen LogP) is 2.52. The van der Waals surface area contributed by atoms with E-state index in [9.17, 15) is 0 Å². The summed E-state index contributed by atoms with van der Waals surface area (Å²) in [5.41, 5.74) is 8.99. The minimum atomic E-state index is 0.545. The number of hydrogen-bond acceptors (Lipinski definition) is 3. The Hall–Kier alpha value is -0.510. The van der Waals surface area contributed by atoms with Gasteiger partial charge < -0.3 is 5.73 Å². The Bertz CT molecular complexity index is 367. The topological polar surface area (TPSA) is 29.3 Å². The van der Waals surface area contributed by atoms with Crippen LogP contribution in [0.2, 0.25) is 0 Å². The molecule has 0 saturated heterocycles. The number of rotatable bonds is 5. The zero-order chi connectivity index (χ0) is 12.8. The van der Waals surface area contributed by atoms with Crippen molar-refractivity contribution in [3.63, 3.8) is 0 Å². The number of thioether (sulfide) groups is 1. The normalized spacial score (nSPS) is 18.1. The average molecular weight is 264 g/mol. The van der Waals surface area contributed by atoms with Gasteiger partial charge in [0.25, 0.3) is 0 Å². The molecule has 0 aliphatic carbocycles. The van der Waals surface area contributed by atoms with E-state index in [1.165, 1.54) is 42.7 Å². The van der Waals surface area contributed by atoms with E-state index in [4.69, 9.17) is 5.73 Å². The summed E-state index contributed by atoms with van der Waals surface area (Å²) in [6.07, 6.45) is 5.85. The van der Waals surface area contributed by atoms with Crippen LogP contribution in [0.1, 0.15) is 24.0 Å². The molecular weight excluding hydrogens is 240 g/mol. The second-order valence-corrected chi connectivity index (χ2v) is 6.00. The van der Waals surface area contributed by atoms with Crippen LogP contribution in [0.25, 0.3) is 0 Å². The fourth-order valence-corrected chi connectivity index (χ4v) is 3.25. The van der Waals surface area contributed by atoms with Crippen LogP contribution in [0, 0.1) is 0 Å². The molecule has 0 bridgehead atoms. The molecule has 1 aromatic rings. The van der Waals surface area contributed by atoms with E-state index in [2.05, 4.69) is 35.4 Å². The molecule has 1 aliphatic heterocycles. The summed E-state index contributed by atoms with van der Waals surface area (Å²) >= 11 is 1.92. The fraction of sp³-hybridized carbons (Fsp3) is 0.600. The van der Waals surface area contributed by atoms with E-state index in [0.29, 0.717) is 6.04 Å². The van der Waals surface area contributed by atoms with Gasteiger partial charge in [-0.1, -0.05) is 24.3 Å². The minimum absolute atomic E-state index is 0.545. The third kappa shape index (κ3) is 3.50. The molecule has 1 unspecified atom stereocenters. The van der Waals surface area contributed by atoms with Crippen molar-refractivity contribution < 1.29 is 0 Å². The van der Waals surface area contributed by atoms with Crippen LogP contribution >= 0.6 is 11.8 Å². The van der Waals surface area contributed by atoms with Gasteiger partial charge in [-0.3, -0.25) is 4.90 Å². The van der Waals surface area contributed by atoms with Crippen LogP contribution in [-0.2, 0) is 13.0 Å². The van der Waals surface area contributed by atoms with Gasteiger partial charge in [0.1, 0.15) is 0 Å². The van der Waals surface area contributed by atoms with Crippen molar-refractivity contribution in [2.45, 2.75) is 31.8 Å². The second kappa shape index (κ2) is 7.17. The van der Waals surface area contributed by atoms with Gasteiger partial charge in [0, 0.05) is 19.1 Å². The molecule has 0 fully saturated rings. The van der Waals surface area contributed by atoms with Crippen molar-refractivity contribution in [1.82, 2.24) is 4.90 Å². The first kappa shape index (κ1) is 13.9. The monoisotopic (exact) mass is 264 g/mol. The van der Waals surface area contributed by atoms with Crippen molar-refractivity contribution in [3.05, 3.63) is 35.4 Å². The lowest BCUT2D eigenvalue weighted by Crippen LogP contribution is -2.40. The summed E-state index contributed by atoms with van der Waals surface area (Å²) in [6.45, 7) is 3.04. The van der Waals surface area contributed by atoms with Gasteiger partial charge in [-0.05, 0) is 48.9 Å². The molecule has 1 atom stereocenters. The first-order valence-electron chi connectivity index (χ1n) is 6.85. The van der Waals surface area contributed by atoms with Crippen LogP contribution in [0.15, 0.2) is 24.3 Å². The van der Waals surface area contributed by atoms with Crippen molar-refractivity contribution in [2.75, 3.05) is 25.1 Å². The Morgan fingerprint density at radius 1 is 1.33 bits per heavy atom. The molecule has 0 amide bonds. The van der Waals surface area contributed by atoms with Crippen LogP contribution in [0.4, 0.5) is 0 Å². The maximum Gasteiger partial charge on any atom is 0.0239 e. The van der Waals surface area contributed by atoms with Crippen LogP contribution in [0.5, 0.6) is 0 Å². The molecule has 2 N–H and O–H groups in total. The molecule has 0 aromatic heterocycles. The van der Waals surface area contributed by atoms with E-state index >= 15 is 0 Å². The average Bonchev–Trinajstić information content (AvgIpc) is 2.62. The molecule has 100 valence electrons. The lowest BCUT2D eigenvalue weighted by molar-refractivity contribution is 0.190. The SMILES string of the molecule is CSCCC(CN)N1CCCc2ccccc2C1. The summed E-state index contributed by atoms with van der Waals surface area (Å²) in [6, 6.07) is 9.40. The Morgan fingerprint density at radius 3 is 2.83 bits per heavy atom. The molecule has 2 nitrogen and oxygen atoms in total. The summed E-state index contributed by atoms with van der Waals surface area (Å²) in [7, 11) is 0. The van der Waals surface area contributed by atoms with Crippen molar-refractivity contribution in [3.8, 4) is 0 Å². The number of nitrogens with zero attached hydrogens (tertiary/aromatic N) is 1. The molecule has 1 aromatic carbocycles. The number of fused-ring (bicyclic) bond motifs is 1. The van der Waals surface area contributed by atoms with Gasteiger partial charge >= 0.3 is 0 Å². The molecule has 0 spiro atoms.